The van der Waals surface area contributed by atoms with E-state index in [4.69, 9.17) is 4.42 Å². The first-order valence-electron chi connectivity index (χ1n) is 10.6. The van der Waals surface area contributed by atoms with Gasteiger partial charge in [-0.3, -0.25) is 14.5 Å². The summed E-state index contributed by atoms with van der Waals surface area (Å²) >= 11 is 0. The van der Waals surface area contributed by atoms with E-state index in [0.29, 0.717) is 12.1 Å². The zero-order valence-electron chi connectivity index (χ0n) is 17.4. The summed E-state index contributed by atoms with van der Waals surface area (Å²) in [6, 6.07) is 20.9. The van der Waals surface area contributed by atoms with Gasteiger partial charge >= 0.3 is 0 Å². The molecule has 31 heavy (non-hydrogen) atoms. The van der Waals surface area contributed by atoms with Crippen molar-refractivity contribution >= 4 is 17.5 Å². The van der Waals surface area contributed by atoms with E-state index in [0.717, 1.165) is 49.5 Å². The fraction of sp³-hybridized carbons (Fsp3) is 0.280. The molecule has 2 aromatic carbocycles. The van der Waals surface area contributed by atoms with Crippen molar-refractivity contribution in [2.24, 2.45) is 5.92 Å². The van der Waals surface area contributed by atoms with Crippen LogP contribution in [0.5, 0.6) is 0 Å². The number of rotatable bonds is 7. The van der Waals surface area contributed by atoms with Crippen molar-refractivity contribution in [2.75, 3.05) is 18.4 Å². The van der Waals surface area contributed by atoms with E-state index in [1.165, 1.54) is 0 Å². The minimum atomic E-state index is -0.111. The number of hydrogen-bond acceptors (Lipinski definition) is 4. The maximum atomic E-state index is 12.5. The van der Waals surface area contributed by atoms with Crippen LogP contribution in [0.3, 0.4) is 0 Å². The first-order valence-corrected chi connectivity index (χ1v) is 10.6. The summed E-state index contributed by atoms with van der Waals surface area (Å²) in [5, 5.41) is 5.89. The zero-order chi connectivity index (χ0) is 21.5. The smallest absolute Gasteiger partial charge is 0.255 e. The number of piperidine rings is 1. The van der Waals surface area contributed by atoms with Gasteiger partial charge in [-0.1, -0.05) is 30.3 Å². The van der Waals surface area contributed by atoms with E-state index in [9.17, 15) is 9.59 Å². The third-order valence-corrected chi connectivity index (χ3v) is 5.60. The van der Waals surface area contributed by atoms with Crippen LogP contribution in [-0.2, 0) is 17.9 Å². The standard InChI is InChI=1S/C25H27N3O3/c29-24(26-17-23-10-5-15-31-23)20-11-13-28(14-12-20)18-19-6-4-7-21(16-19)25(30)27-22-8-2-1-3-9-22/h1-10,15-16,20H,11-14,17-18H2,(H,26,29)(H,27,30). The number of para-hydroxylation sites is 1. The van der Waals surface area contributed by atoms with E-state index in [-0.39, 0.29) is 17.7 Å². The number of likely N-dealkylation sites (tertiary alicyclic amines) is 1. The fourth-order valence-electron chi connectivity index (χ4n) is 3.88. The Balaban J connectivity index is 1.26. The predicted octanol–water partition coefficient (Wildman–Crippen LogP) is 4.06. The molecule has 0 saturated carbocycles. The highest BCUT2D eigenvalue weighted by Crippen LogP contribution is 2.20. The van der Waals surface area contributed by atoms with Crippen molar-refractivity contribution in [3.05, 3.63) is 89.9 Å². The molecule has 160 valence electrons. The molecule has 6 heteroatoms. The van der Waals surface area contributed by atoms with Crippen LogP contribution in [-0.4, -0.2) is 29.8 Å². The van der Waals surface area contributed by atoms with Gasteiger partial charge in [-0.25, -0.2) is 0 Å². The van der Waals surface area contributed by atoms with Gasteiger partial charge in [0.1, 0.15) is 5.76 Å². The molecule has 2 N–H and O–H groups in total. The zero-order valence-corrected chi connectivity index (χ0v) is 17.4. The molecule has 2 amide bonds. The number of furan rings is 1. The number of carbonyl (C=O) groups excluding carboxylic acids is 2. The molecular weight excluding hydrogens is 390 g/mol. The highest BCUT2D eigenvalue weighted by molar-refractivity contribution is 6.04. The van der Waals surface area contributed by atoms with Crippen LogP contribution >= 0.6 is 0 Å². The number of nitrogens with zero attached hydrogens (tertiary/aromatic N) is 1. The Bertz CT molecular complexity index is 994. The largest absolute Gasteiger partial charge is 0.467 e. The lowest BCUT2D eigenvalue weighted by Gasteiger charge is -2.31. The molecule has 0 atom stereocenters. The summed E-state index contributed by atoms with van der Waals surface area (Å²) in [7, 11) is 0. The van der Waals surface area contributed by atoms with E-state index < -0.39 is 0 Å². The van der Waals surface area contributed by atoms with Gasteiger partial charge in [0.15, 0.2) is 0 Å². The molecule has 1 aromatic heterocycles. The van der Waals surface area contributed by atoms with Crippen molar-refractivity contribution in [3.63, 3.8) is 0 Å². The Morgan fingerprint density at radius 2 is 1.77 bits per heavy atom. The first kappa shape index (κ1) is 20.9. The number of carbonyl (C=O) groups is 2. The van der Waals surface area contributed by atoms with Gasteiger partial charge in [-0.2, -0.15) is 0 Å². The molecule has 0 spiro atoms. The highest BCUT2D eigenvalue weighted by atomic mass is 16.3. The summed E-state index contributed by atoms with van der Waals surface area (Å²) < 4.78 is 5.26. The van der Waals surface area contributed by atoms with E-state index in [1.54, 1.807) is 6.26 Å². The van der Waals surface area contributed by atoms with Gasteiger partial charge in [-0.05, 0) is 67.9 Å². The van der Waals surface area contributed by atoms with Crippen LogP contribution in [0.1, 0.15) is 34.5 Å². The van der Waals surface area contributed by atoms with Crippen molar-refractivity contribution in [3.8, 4) is 0 Å². The predicted molar refractivity (Wildman–Crippen MR) is 119 cm³/mol. The average Bonchev–Trinajstić information content (AvgIpc) is 3.33. The second-order valence-corrected chi connectivity index (χ2v) is 7.87. The summed E-state index contributed by atoms with van der Waals surface area (Å²) in [6.07, 6.45) is 3.27. The SMILES string of the molecule is O=C(Nc1ccccc1)c1cccc(CN2CCC(C(=O)NCc3ccco3)CC2)c1. The molecule has 4 rings (SSSR count). The summed E-state index contributed by atoms with van der Waals surface area (Å²) in [5.74, 6) is 0.784. The molecule has 1 aliphatic heterocycles. The molecule has 2 heterocycles. The van der Waals surface area contributed by atoms with Gasteiger partial charge in [0.05, 0.1) is 12.8 Å². The van der Waals surface area contributed by atoms with E-state index in [2.05, 4.69) is 15.5 Å². The Morgan fingerprint density at radius 1 is 0.968 bits per heavy atom. The molecule has 0 aliphatic carbocycles. The van der Waals surface area contributed by atoms with Crippen molar-refractivity contribution < 1.29 is 14.0 Å². The van der Waals surface area contributed by atoms with Crippen molar-refractivity contribution in [1.29, 1.82) is 0 Å². The Hall–Kier alpha value is -3.38. The summed E-state index contributed by atoms with van der Waals surface area (Å²) in [5.41, 5.74) is 2.53. The van der Waals surface area contributed by atoms with Crippen molar-refractivity contribution in [2.45, 2.75) is 25.9 Å². The fourth-order valence-corrected chi connectivity index (χ4v) is 3.88. The Labute approximate surface area is 182 Å². The first-order chi connectivity index (χ1) is 15.2. The molecule has 6 nitrogen and oxygen atoms in total. The van der Waals surface area contributed by atoms with Gasteiger partial charge < -0.3 is 15.1 Å². The lowest BCUT2D eigenvalue weighted by atomic mass is 9.95. The molecule has 1 aliphatic rings. The quantitative estimate of drug-likeness (QED) is 0.608. The second-order valence-electron chi connectivity index (χ2n) is 7.87. The number of amides is 2. The van der Waals surface area contributed by atoms with Crippen LogP contribution in [0, 0.1) is 5.92 Å². The number of anilines is 1. The molecule has 1 fully saturated rings. The maximum absolute atomic E-state index is 12.5. The number of hydrogen-bond donors (Lipinski definition) is 2. The maximum Gasteiger partial charge on any atom is 0.255 e. The van der Waals surface area contributed by atoms with E-state index in [1.807, 2.05) is 66.7 Å². The van der Waals surface area contributed by atoms with Gasteiger partial charge in [0.2, 0.25) is 5.91 Å². The summed E-state index contributed by atoms with van der Waals surface area (Å²) in [4.78, 5) is 27.3. The average molecular weight is 418 g/mol. The van der Waals surface area contributed by atoms with E-state index >= 15 is 0 Å². The molecular formula is C25H27N3O3. The number of benzene rings is 2. The Kier molecular flexibility index (Phi) is 6.79. The van der Waals surface area contributed by atoms with Crippen LogP contribution in [0.25, 0.3) is 0 Å². The number of nitrogens with one attached hydrogen (secondary N) is 2. The molecule has 1 saturated heterocycles. The molecule has 0 unspecified atom stereocenters. The molecule has 0 radical (unpaired) electrons. The molecule has 0 bridgehead atoms. The lowest BCUT2D eigenvalue weighted by molar-refractivity contribution is -0.126. The minimum Gasteiger partial charge on any atom is -0.467 e. The van der Waals surface area contributed by atoms with Gasteiger partial charge in [0, 0.05) is 23.7 Å². The monoisotopic (exact) mass is 417 g/mol. The van der Waals surface area contributed by atoms with Crippen molar-refractivity contribution in [1.82, 2.24) is 10.2 Å². The highest BCUT2D eigenvalue weighted by Gasteiger charge is 2.25. The van der Waals surface area contributed by atoms with Crippen LogP contribution in [0.2, 0.25) is 0 Å². The van der Waals surface area contributed by atoms with Crippen LogP contribution < -0.4 is 10.6 Å². The normalized spacial score (nSPS) is 14.8. The third-order valence-electron chi connectivity index (χ3n) is 5.60. The topological polar surface area (TPSA) is 74.6 Å². The van der Waals surface area contributed by atoms with Gasteiger partial charge in [-0.15, -0.1) is 0 Å². The van der Waals surface area contributed by atoms with Gasteiger partial charge in [0.25, 0.3) is 5.91 Å². The minimum absolute atomic E-state index is 0.0363. The molecule has 3 aromatic rings. The lowest BCUT2D eigenvalue weighted by Crippen LogP contribution is -2.40. The summed E-state index contributed by atoms with van der Waals surface area (Å²) in [6.45, 7) is 2.93. The second kappa shape index (κ2) is 10.1. The van der Waals surface area contributed by atoms with Crippen LogP contribution in [0.15, 0.2) is 77.4 Å². The Morgan fingerprint density at radius 3 is 2.52 bits per heavy atom. The van der Waals surface area contributed by atoms with Crippen LogP contribution in [0.4, 0.5) is 5.69 Å². The third kappa shape index (κ3) is 5.83.